The molecule has 1 fully saturated rings. The molecule has 1 aliphatic rings. The molecule has 2 N–H and O–H groups in total. The van der Waals surface area contributed by atoms with Crippen LogP contribution in [0.5, 0.6) is 0 Å². The van der Waals surface area contributed by atoms with Crippen molar-refractivity contribution in [2.75, 3.05) is 26.0 Å². The summed E-state index contributed by atoms with van der Waals surface area (Å²) in [5.41, 5.74) is 1.06. The van der Waals surface area contributed by atoms with E-state index in [2.05, 4.69) is 26.0 Å². The van der Waals surface area contributed by atoms with Crippen LogP contribution >= 0.6 is 35.3 Å². The van der Waals surface area contributed by atoms with Crippen LogP contribution in [0.4, 0.5) is 5.13 Å². The van der Waals surface area contributed by atoms with E-state index in [-0.39, 0.29) is 24.0 Å². The molecule has 114 valence electrons. The predicted octanol–water partition coefficient (Wildman–Crippen LogP) is 2.43. The Kier molecular flexibility index (Phi) is 7.57. The van der Waals surface area contributed by atoms with Crippen molar-refractivity contribution in [3.63, 3.8) is 0 Å². The Morgan fingerprint density at radius 3 is 2.70 bits per heavy atom. The van der Waals surface area contributed by atoms with Gasteiger partial charge in [0.2, 0.25) is 0 Å². The molecule has 0 aliphatic heterocycles. The molecule has 0 amide bonds. The molecule has 5 nitrogen and oxygen atoms in total. The summed E-state index contributed by atoms with van der Waals surface area (Å²) < 4.78 is 0. The fourth-order valence-electron chi connectivity index (χ4n) is 2.22. The van der Waals surface area contributed by atoms with Crippen molar-refractivity contribution in [2.24, 2.45) is 4.99 Å². The van der Waals surface area contributed by atoms with Crippen molar-refractivity contribution in [3.05, 3.63) is 11.1 Å². The number of hydrogen-bond acceptors (Lipinski definition) is 4. The lowest BCUT2D eigenvalue weighted by atomic mass is 10.2. The lowest BCUT2D eigenvalue weighted by molar-refractivity contribution is 0.613. The Hall–Kier alpha value is -0.570. The molecule has 1 aromatic heterocycles. The monoisotopic (exact) mass is 409 g/mol. The number of aromatic nitrogens is 1. The maximum Gasteiger partial charge on any atom is 0.191 e. The molecule has 7 heteroatoms. The Morgan fingerprint density at radius 1 is 1.45 bits per heavy atom. The first-order valence-corrected chi connectivity index (χ1v) is 7.66. The van der Waals surface area contributed by atoms with Gasteiger partial charge in [0, 0.05) is 32.6 Å². The number of aliphatic imine (C=N–C) groups is 1. The van der Waals surface area contributed by atoms with Crippen molar-refractivity contribution in [1.29, 1.82) is 0 Å². The molecular weight excluding hydrogens is 385 g/mol. The third kappa shape index (κ3) is 5.08. The molecule has 1 saturated carbocycles. The highest BCUT2D eigenvalue weighted by molar-refractivity contribution is 14.0. The number of anilines is 1. The summed E-state index contributed by atoms with van der Waals surface area (Å²) in [7, 11) is 5.84. The van der Waals surface area contributed by atoms with Gasteiger partial charge in [-0.15, -0.1) is 35.3 Å². The standard InChI is InChI=1S/C13H23N5S.HI/c1-14-12(16-10-6-4-5-7-10)15-8-11-9-19-13(17-11)18(2)3;/h9-10H,4-8H2,1-3H3,(H2,14,15,16);1H. The fourth-order valence-corrected chi connectivity index (χ4v) is 2.97. The molecule has 0 spiro atoms. The molecule has 1 aliphatic carbocycles. The van der Waals surface area contributed by atoms with Crippen LogP contribution < -0.4 is 15.5 Å². The maximum absolute atomic E-state index is 4.55. The lowest BCUT2D eigenvalue weighted by Crippen LogP contribution is -2.42. The lowest BCUT2D eigenvalue weighted by Gasteiger charge is -2.16. The van der Waals surface area contributed by atoms with Gasteiger partial charge in [0.05, 0.1) is 12.2 Å². The van der Waals surface area contributed by atoms with E-state index in [1.165, 1.54) is 25.7 Å². The second kappa shape index (κ2) is 8.66. The van der Waals surface area contributed by atoms with E-state index in [0.29, 0.717) is 6.04 Å². The minimum Gasteiger partial charge on any atom is -0.354 e. The van der Waals surface area contributed by atoms with Gasteiger partial charge in [-0.05, 0) is 12.8 Å². The van der Waals surface area contributed by atoms with Crippen LogP contribution in [0.15, 0.2) is 10.4 Å². The zero-order valence-electron chi connectivity index (χ0n) is 12.3. The number of nitrogens with one attached hydrogen (secondary N) is 2. The van der Waals surface area contributed by atoms with Gasteiger partial charge in [-0.3, -0.25) is 4.99 Å². The van der Waals surface area contributed by atoms with Crippen molar-refractivity contribution < 1.29 is 0 Å². The minimum atomic E-state index is 0. The number of halogens is 1. The average Bonchev–Trinajstić information content (AvgIpc) is 3.05. The minimum absolute atomic E-state index is 0. The van der Waals surface area contributed by atoms with Gasteiger partial charge in [0.15, 0.2) is 11.1 Å². The number of hydrogen-bond donors (Lipinski definition) is 2. The molecule has 0 radical (unpaired) electrons. The smallest absolute Gasteiger partial charge is 0.191 e. The third-order valence-corrected chi connectivity index (χ3v) is 4.34. The highest BCUT2D eigenvalue weighted by Gasteiger charge is 2.15. The first-order valence-electron chi connectivity index (χ1n) is 6.78. The quantitative estimate of drug-likeness (QED) is 0.456. The molecule has 0 saturated heterocycles. The van der Waals surface area contributed by atoms with Crippen LogP contribution in [0.25, 0.3) is 0 Å². The molecule has 1 aromatic rings. The van der Waals surface area contributed by atoms with Crippen molar-refractivity contribution in [1.82, 2.24) is 15.6 Å². The fraction of sp³-hybridized carbons (Fsp3) is 0.692. The van der Waals surface area contributed by atoms with E-state index < -0.39 is 0 Å². The van der Waals surface area contributed by atoms with Gasteiger partial charge in [-0.2, -0.15) is 0 Å². The predicted molar refractivity (Wildman–Crippen MR) is 97.4 cm³/mol. The van der Waals surface area contributed by atoms with Gasteiger partial charge in [-0.1, -0.05) is 12.8 Å². The summed E-state index contributed by atoms with van der Waals surface area (Å²) in [4.78, 5) is 10.8. The molecule has 1 heterocycles. The summed E-state index contributed by atoms with van der Waals surface area (Å²) in [6.07, 6.45) is 5.16. The van der Waals surface area contributed by atoms with E-state index in [4.69, 9.17) is 0 Å². The highest BCUT2D eigenvalue weighted by atomic mass is 127. The molecule has 0 bridgehead atoms. The van der Waals surface area contributed by atoms with Crippen molar-refractivity contribution in [3.8, 4) is 0 Å². The van der Waals surface area contributed by atoms with E-state index >= 15 is 0 Å². The Labute approximate surface area is 142 Å². The van der Waals surface area contributed by atoms with E-state index in [1.807, 2.05) is 26.0 Å². The summed E-state index contributed by atoms with van der Waals surface area (Å²) in [5.74, 6) is 0.881. The van der Waals surface area contributed by atoms with Crippen molar-refractivity contribution >= 4 is 46.4 Å². The molecule has 20 heavy (non-hydrogen) atoms. The van der Waals surface area contributed by atoms with Gasteiger partial charge in [0.25, 0.3) is 0 Å². The summed E-state index contributed by atoms with van der Waals surface area (Å²) in [6.45, 7) is 0.719. The number of guanidine groups is 1. The normalized spacial score (nSPS) is 15.8. The molecule has 0 aromatic carbocycles. The molecular formula is C13H24IN5S. The number of nitrogens with zero attached hydrogens (tertiary/aromatic N) is 3. The summed E-state index contributed by atoms with van der Waals surface area (Å²) in [6, 6.07) is 0.582. The second-order valence-electron chi connectivity index (χ2n) is 5.07. The van der Waals surface area contributed by atoms with Crippen LogP contribution in [0, 0.1) is 0 Å². The van der Waals surface area contributed by atoms with Crippen LogP contribution in [-0.2, 0) is 6.54 Å². The largest absolute Gasteiger partial charge is 0.354 e. The van der Waals surface area contributed by atoms with Gasteiger partial charge >= 0.3 is 0 Å². The molecule has 0 atom stereocenters. The number of thiazole rings is 1. The third-order valence-electron chi connectivity index (χ3n) is 3.28. The van der Waals surface area contributed by atoms with Gasteiger partial charge in [0.1, 0.15) is 0 Å². The Bertz CT molecular complexity index is 426. The van der Waals surface area contributed by atoms with Crippen LogP contribution in [0.2, 0.25) is 0 Å². The topological polar surface area (TPSA) is 52.6 Å². The summed E-state index contributed by atoms with van der Waals surface area (Å²) in [5, 5.41) is 9.92. The maximum atomic E-state index is 4.55. The van der Waals surface area contributed by atoms with E-state index in [9.17, 15) is 0 Å². The molecule has 0 unspecified atom stereocenters. The van der Waals surface area contributed by atoms with Crippen LogP contribution in [-0.4, -0.2) is 38.1 Å². The average molecular weight is 409 g/mol. The first-order chi connectivity index (χ1) is 9.19. The number of rotatable bonds is 4. The second-order valence-corrected chi connectivity index (χ2v) is 5.90. The highest BCUT2D eigenvalue weighted by Crippen LogP contribution is 2.18. The zero-order valence-corrected chi connectivity index (χ0v) is 15.5. The van der Waals surface area contributed by atoms with E-state index in [1.54, 1.807) is 11.3 Å². The van der Waals surface area contributed by atoms with Gasteiger partial charge in [-0.25, -0.2) is 4.98 Å². The SMILES string of the molecule is CN=C(NCc1csc(N(C)C)n1)NC1CCCC1.I. The zero-order chi connectivity index (χ0) is 13.7. The van der Waals surface area contributed by atoms with E-state index in [0.717, 1.165) is 23.3 Å². The molecule has 2 rings (SSSR count). The van der Waals surface area contributed by atoms with Gasteiger partial charge < -0.3 is 15.5 Å². The summed E-state index contributed by atoms with van der Waals surface area (Å²) >= 11 is 1.66. The Balaban J connectivity index is 0.00000200. The van der Waals surface area contributed by atoms with Crippen molar-refractivity contribution in [2.45, 2.75) is 38.3 Å². The Morgan fingerprint density at radius 2 is 2.15 bits per heavy atom. The first kappa shape index (κ1) is 17.5. The van der Waals surface area contributed by atoms with Crippen LogP contribution in [0.1, 0.15) is 31.4 Å². The van der Waals surface area contributed by atoms with Crippen LogP contribution in [0.3, 0.4) is 0 Å².